The number of rotatable bonds is 5. The van der Waals surface area contributed by atoms with Crippen LogP contribution in [0.2, 0.25) is 0 Å². The van der Waals surface area contributed by atoms with Crippen molar-refractivity contribution in [3.63, 3.8) is 0 Å². The van der Waals surface area contributed by atoms with Gasteiger partial charge in [-0.2, -0.15) is 0 Å². The van der Waals surface area contributed by atoms with E-state index in [2.05, 4.69) is 5.32 Å². The summed E-state index contributed by atoms with van der Waals surface area (Å²) in [5, 5.41) is 11.4. The lowest BCUT2D eigenvalue weighted by Gasteiger charge is -2.04. The van der Waals surface area contributed by atoms with Gasteiger partial charge in [0.25, 0.3) is 5.91 Å². The third-order valence-electron chi connectivity index (χ3n) is 3.45. The first-order valence-corrected chi connectivity index (χ1v) is 7.59. The SMILES string of the molecule is O=C(O)/C=C/c1cccc(NC(=O)c2ccc(-c3ccccc3)o2)c1. The van der Waals surface area contributed by atoms with Gasteiger partial charge in [-0.1, -0.05) is 42.5 Å². The maximum Gasteiger partial charge on any atom is 0.328 e. The average molecular weight is 333 g/mol. The highest BCUT2D eigenvalue weighted by Gasteiger charge is 2.12. The molecule has 0 saturated carbocycles. The molecule has 5 nitrogen and oxygen atoms in total. The summed E-state index contributed by atoms with van der Waals surface area (Å²) in [6.07, 6.45) is 2.50. The number of nitrogens with one attached hydrogen (secondary N) is 1. The van der Waals surface area contributed by atoms with E-state index in [1.165, 1.54) is 6.08 Å². The van der Waals surface area contributed by atoms with Crippen LogP contribution in [-0.2, 0) is 4.79 Å². The van der Waals surface area contributed by atoms with E-state index < -0.39 is 5.97 Å². The molecule has 3 rings (SSSR count). The van der Waals surface area contributed by atoms with Gasteiger partial charge in [0, 0.05) is 17.3 Å². The van der Waals surface area contributed by atoms with Crippen molar-refractivity contribution in [1.82, 2.24) is 0 Å². The predicted octanol–water partition coefficient (Wildman–Crippen LogP) is 4.30. The third kappa shape index (κ3) is 4.23. The molecule has 3 aromatic rings. The van der Waals surface area contributed by atoms with Gasteiger partial charge in [0.15, 0.2) is 5.76 Å². The summed E-state index contributed by atoms with van der Waals surface area (Å²) < 4.78 is 5.61. The monoisotopic (exact) mass is 333 g/mol. The number of hydrogen-bond donors (Lipinski definition) is 2. The fourth-order valence-electron chi connectivity index (χ4n) is 2.30. The van der Waals surface area contributed by atoms with Gasteiger partial charge in [0.05, 0.1) is 0 Å². The first-order valence-electron chi connectivity index (χ1n) is 7.59. The second kappa shape index (κ2) is 7.31. The number of carboxylic acid groups (broad SMARTS) is 1. The van der Waals surface area contributed by atoms with E-state index in [0.717, 1.165) is 11.6 Å². The zero-order valence-electron chi connectivity index (χ0n) is 13.2. The quantitative estimate of drug-likeness (QED) is 0.682. The first-order chi connectivity index (χ1) is 12.1. The molecule has 2 aromatic carbocycles. The van der Waals surface area contributed by atoms with Crippen molar-refractivity contribution < 1.29 is 19.1 Å². The van der Waals surface area contributed by atoms with E-state index in [1.807, 2.05) is 30.3 Å². The standard InChI is InChI=1S/C20H15NO4/c22-19(23)12-9-14-5-4-8-16(13-14)21-20(24)18-11-10-17(25-18)15-6-2-1-3-7-15/h1-13H,(H,21,24)(H,22,23)/b12-9+. The van der Waals surface area contributed by atoms with E-state index >= 15 is 0 Å². The molecule has 1 heterocycles. The highest BCUT2D eigenvalue weighted by molar-refractivity contribution is 6.02. The Balaban J connectivity index is 1.74. The summed E-state index contributed by atoms with van der Waals surface area (Å²) in [7, 11) is 0. The van der Waals surface area contributed by atoms with E-state index in [1.54, 1.807) is 36.4 Å². The molecule has 1 amide bonds. The maximum absolute atomic E-state index is 12.3. The van der Waals surface area contributed by atoms with Gasteiger partial charge in [-0.05, 0) is 35.9 Å². The minimum Gasteiger partial charge on any atom is -0.478 e. The van der Waals surface area contributed by atoms with Gasteiger partial charge < -0.3 is 14.8 Å². The summed E-state index contributed by atoms with van der Waals surface area (Å²) in [6.45, 7) is 0. The fraction of sp³-hybridized carbons (Fsp3) is 0. The molecule has 2 N–H and O–H groups in total. The highest BCUT2D eigenvalue weighted by Crippen LogP contribution is 2.22. The maximum atomic E-state index is 12.3. The Hall–Kier alpha value is -3.60. The Morgan fingerprint density at radius 1 is 0.960 bits per heavy atom. The lowest BCUT2D eigenvalue weighted by atomic mass is 10.2. The van der Waals surface area contributed by atoms with Crippen LogP contribution in [0.15, 0.2) is 77.2 Å². The minimum atomic E-state index is -1.03. The molecule has 0 atom stereocenters. The molecule has 0 aliphatic carbocycles. The molecule has 0 unspecified atom stereocenters. The Kier molecular flexibility index (Phi) is 4.76. The van der Waals surface area contributed by atoms with Gasteiger partial charge in [0.1, 0.15) is 5.76 Å². The van der Waals surface area contributed by atoms with Gasteiger partial charge in [-0.25, -0.2) is 4.79 Å². The Labute approximate surface area is 144 Å². The van der Waals surface area contributed by atoms with Crippen LogP contribution in [0, 0.1) is 0 Å². The Bertz CT molecular complexity index is 926. The van der Waals surface area contributed by atoms with Crippen molar-refractivity contribution in [3.8, 4) is 11.3 Å². The van der Waals surface area contributed by atoms with E-state index in [4.69, 9.17) is 9.52 Å². The van der Waals surface area contributed by atoms with E-state index in [0.29, 0.717) is 17.0 Å². The number of anilines is 1. The lowest BCUT2D eigenvalue weighted by molar-refractivity contribution is -0.131. The lowest BCUT2D eigenvalue weighted by Crippen LogP contribution is -2.10. The largest absolute Gasteiger partial charge is 0.478 e. The summed E-state index contributed by atoms with van der Waals surface area (Å²) in [5.74, 6) is -0.589. The fourth-order valence-corrected chi connectivity index (χ4v) is 2.30. The number of carboxylic acids is 1. The molecule has 0 aliphatic rings. The number of amides is 1. The number of aliphatic carboxylic acids is 1. The van der Waals surface area contributed by atoms with Crippen LogP contribution >= 0.6 is 0 Å². The molecule has 0 aliphatic heterocycles. The van der Waals surface area contributed by atoms with Crippen LogP contribution in [0.5, 0.6) is 0 Å². The number of carbonyl (C=O) groups excluding carboxylic acids is 1. The Morgan fingerprint density at radius 2 is 1.76 bits per heavy atom. The summed E-state index contributed by atoms with van der Waals surface area (Å²) in [6, 6.07) is 19.7. The second-order valence-electron chi connectivity index (χ2n) is 5.28. The number of hydrogen-bond acceptors (Lipinski definition) is 3. The van der Waals surface area contributed by atoms with Crippen LogP contribution in [0.3, 0.4) is 0 Å². The van der Waals surface area contributed by atoms with Crippen molar-refractivity contribution >= 4 is 23.6 Å². The van der Waals surface area contributed by atoms with Crippen molar-refractivity contribution in [2.24, 2.45) is 0 Å². The van der Waals surface area contributed by atoms with Crippen molar-refractivity contribution in [2.75, 3.05) is 5.32 Å². The summed E-state index contributed by atoms with van der Waals surface area (Å²) in [4.78, 5) is 22.9. The molecular weight excluding hydrogens is 318 g/mol. The molecule has 0 spiro atoms. The van der Waals surface area contributed by atoms with E-state index in [9.17, 15) is 9.59 Å². The van der Waals surface area contributed by atoms with Crippen molar-refractivity contribution in [2.45, 2.75) is 0 Å². The van der Waals surface area contributed by atoms with Crippen LogP contribution < -0.4 is 5.32 Å². The first kappa shape index (κ1) is 16.3. The van der Waals surface area contributed by atoms with Crippen molar-refractivity contribution in [1.29, 1.82) is 0 Å². The molecule has 5 heteroatoms. The van der Waals surface area contributed by atoms with Gasteiger partial charge in [0.2, 0.25) is 0 Å². The van der Waals surface area contributed by atoms with Gasteiger partial charge in [-0.3, -0.25) is 4.79 Å². The average Bonchev–Trinajstić information content (AvgIpc) is 3.11. The van der Waals surface area contributed by atoms with E-state index in [-0.39, 0.29) is 11.7 Å². The zero-order chi connectivity index (χ0) is 17.6. The normalized spacial score (nSPS) is 10.7. The van der Waals surface area contributed by atoms with Crippen LogP contribution in [0.4, 0.5) is 5.69 Å². The van der Waals surface area contributed by atoms with Gasteiger partial charge >= 0.3 is 5.97 Å². The van der Waals surface area contributed by atoms with Gasteiger partial charge in [-0.15, -0.1) is 0 Å². The summed E-state index contributed by atoms with van der Waals surface area (Å²) >= 11 is 0. The molecule has 0 radical (unpaired) electrons. The molecule has 124 valence electrons. The van der Waals surface area contributed by atoms with Crippen molar-refractivity contribution in [3.05, 3.63) is 84.1 Å². The Morgan fingerprint density at radius 3 is 2.52 bits per heavy atom. The molecule has 1 aromatic heterocycles. The molecule has 0 fully saturated rings. The van der Waals surface area contributed by atoms with Crippen LogP contribution in [-0.4, -0.2) is 17.0 Å². The molecule has 0 bridgehead atoms. The number of benzene rings is 2. The minimum absolute atomic E-state index is 0.199. The molecule has 0 saturated heterocycles. The smallest absolute Gasteiger partial charge is 0.328 e. The van der Waals surface area contributed by atoms with Crippen LogP contribution in [0.1, 0.15) is 16.1 Å². The number of furan rings is 1. The predicted molar refractivity (Wildman–Crippen MR) is 95.2 cm³/mol. The van der Waals surface area contributed by atoms with Crippen LogP contribution in [0.25, 0.3) is 17.4 Å². The number of carbonyl (C=O) groups is 2. The topological polar surface area (TPSA) is 79.5 Å². The molecule has 25 heavy (non-hydrogen) atoms. The second-order valence-corrected chi connectivity index (χ2v) is 5.28. The molecular formula is C20H15NO4. The summed E-state index contributed by atoms with van der Waals surface area (Å²) in [5.41, 5.74) is 2.11. The highest BCUT2D eigenvalue weighted by atomic mass is 16.4. The third-order valence-corrected chi connectivity index (χ3v) is 3.45. The zero-order valence-corrected chi connectivity index (χ0v) is 13.2.